The third-order valence-electron chi connectivity index (χ3n) is 3.37. The fourth-order valence-electron chi connectivity index (χ4n) is 2.29. The monoisotopic (exact) mass is 248 g/mol. The molecule has 1 saturated carbocycles. The summed E-state index contributed by atoms with van der Waals surface area (Å²) >= 11 is 0. The van der Waals surface area contributed by atoms with Gasteiger partial charge in [-0.3, -0.25) is 4.79 Å². The van der Waals surface area contributed by atoms with Crippen LogP contribution in [0.25, 0.3) is 0 Å². The van der Waals surface area contributed by atoms with Gasteiger partial charge >= 0.3 is 0 Å². The van der Waals surface area contributed by atoms with Crippen molar-refractivity contribution in [3.8, 4) is 0 Å². The molecular weight excluding hydrogens is 224 g/mol. The lowest BCUT2D eigenvalue weighted by Gasteiger charge is -2.30. The maximum absolute atomic E-state index is 12.2. The summed E-state index contributed by atoms with van der Waals surface area (Å²) in [7, 11) is 0. The van der Waals surface area contributed by atoms with Crippen molar-refractivity contribution >= 4 is 18.3 Å². The molecule has 0 aromatic heterocycles. The molecule has 0 atom stereocenters. The lowest BCUT2D eigenvalue weighted by Crippen LogP contribution is -2.53. The Labute approximate surface area is 105 Å². The van der Waals surface area contributed by atoms with Crippen molar-refractivity contribution in [2.75, 3.05) is 13.1 Å². The fourth-order valence-corrected chi connectivity index (χ4v) is 2.29. The maximum Gasteiger partial charge on any atom is 0.242 e. The highest BCUT2D eigenvalue weighted by atomic mass is 35.5. The predicted octanol–water partition coefficient (Wildman–Crippen LogP) is 2.33. The van der Waals surface area contributed by atoms with Crippen molar-refractivity contribution in [2.45, 2.75) is 57.9 Å². The summed E-state index contributed by atoms with van der Waals surface area (Å²) in [6.45, 7) is 5.83. The Bertz CT molecular complexity index is 215. The second kappa shape index (κ2) is 7.13. The molecule has 0 aromatic rings. The average molecular weight is 249 g/mol. The van der Waals surface area contributed by atoms with E-state index in [2.05, 4.69) is 6.92 Å². The van der Waals surface area contributed by atoms with E-state index in [0.717, 1.165) is 51.6 Å². The van der Waals surface area contributed by atoms with E-state index < -0.39 is 5.54 Å². The van der Waals surface area contributed by atoms with E-state index in [1.54, 1.807) is 0 Å². The van der Waals surface area contributed by atoms with E-state index in [9.17, 15) is 4.79 Å². The molecule has 0 radical (unpaired) electrons. The Morgan fingerprint density at radius 1 is 1.31 bits per heavy atom. The Kier molecular flexibility index (Phi) is 7.00. The number of unbranched alkanes of at least 4 members (excludes halogenated alkanes) is 1. The molecule has 1 rings (SSSR count). The molecule has 0 aromatic carbocycles. The quantitative estimate of drug-likeness (QED) is 0.812. The van der Waals surface area contributed by atoms with Crippen LogP contribution in [0.4, 0.5) is 0 Å². The highest BCUT2D eigenvalue weighted by Gasteiger charge is 2.39. The molecule has 0 unspecified atom stereocenters. The first-order valence-corrected chi connectivity index (χ1v) is 6.22. The van der Waals surface area contributed by atoms with E-state index in [-0.39, 0.29) is 18.3 Å². The van der Waals surface area contributed by atoms with Gasteiger partial charge in [-0.25, -0.2) is 0 Å². The standard InChI is InChI=1S/C12H24N2O.ClH/c1-3-5-10-14(4-2)11(15)12(13)8-6-7-9-12;/h3-10,13H2,1-2H3;1H. The molecule has 1 fully saturated rings. The first-order valence-electron chi connectivity index (χ1n) is 6.22. The number of rotatable bonds is 5. The van der Waals surface area contributed by atoms with Gasteiger partial charge in [0.2, 0.25) is 5.91 Å². The first kappa shape index (κ1) is 15.7. The summed E-state index contributed by atoms with van der Waals surface area (Å²) < 4.78 is 0. The third kappa shape index (κ3) is 3.63. The van der Waals surface area contributed by atoms with Crippen LogP contribution in [-0.2, 0) is 4.79 Å². The topological polar surface area (TPSA) is 46.3 Å². The minimum absolute atomic E-state index is 0. The van der Waals surface area contributed by atoms with Gasteiger partial charge in [0.25, 0.3) is 0 Å². The lowest BCUT2D eigenvalue weighted by molar-refractivity contribution is -0.136. The number of nitrogens with zero attached hydrogens (tertiary/aromatic N) is 1. The zero-order valence-corrected chi connectivity index (χ0v) is 11.3. The number of carbonyl (C=O) groups is 1. The van der Waals surface area contributed by atoms with Gasteiger partial charge < -0.3 is 10.6 Å². The molecule has 0 heterocycles. The fraction of sp³-hybridized carbons (Fsp3) is 0.917. The molecule has 0 spiro atoms. The summed E-state index contributed by atoms with van der Waals surface area (Å²) in [6, 6.07) is 0. The first-order chi connectivity index (χ1) is 7.14. The Morgan fingerprint density at radius 3 is 2.31 bits per heavy atom. The smallest absolute Gasteiger partial charge is 0.242 e. The summed E-state index contributed by atoms with van der Waals surface area (Å²) in [5, 5.41) is 0. The van der Waals surface area contributed by atoms with Gasteiger partial charge in [-0.15, -0.1) is 12.4 Å². The number of likely N-dealkylation sites (N-methyl/N-ethyl adjacent to an activating group) is 1. The van der Waals surface area contributed by atoms with Crippen LogP contribution >= 0.6 is 12.4 Å². The van der Waals surface area contributed by atoms with Crippen LogP contribution in [0.5, 0.6) is 0 Å². The van der Waals surface area contributed by atoms with E-state index in [1.807, 2.05) is 11.8 Å². The molecule has 96 valence electrons. The summed E-state index contributed by atoms with van der Waals surface area (Å²) in [4.78, 5) is 14.1. The zero-order valence-electron chi connectivity index (χ0n) is 10.5. The van der Waals surface area contributed by atoms with Crippen molar-refractivity contribution in [2.24, 2.45) is 5.73 Å². The van der Waals surface area contributed by atoms with Crippen LogP contribution in [0, 0.1) is 0 Å². The predicted molar refractivity (Wildman–Crippen MR) is 69.8 cm³/mol. The van der Waals surface area contributed by atoms with Crippen molar-refractivity contribution < 1.29 is 4.79 Å². The van der Waals surface area contributed by atoms with Crippen molar-refractivity contribution in [3.63, 3.8) is 0 Å². The third-order valence-corrected chi connectivity index (χ3v) is 3.37. The van der Waals surface area contributed by atoms with E-state index >= 15 is 0 Å². The summed E-state index contributed by atoms with van der Waals surface area (Å²) in [5.41, 5.74) is 5.62. The van der Waals surface area contributed by atoms with Crippen LogP contribution in [0.1, 0.15) is 52.4 Å². The van der Waals surface area contributed by atoms with Gasteiger partial charge in [-0.05, 0) is 26.2 Å². The molecule has 0 saturated heterocycles. The molecule has 1 aliphatic rings. The van der Waals surface area contributed by atoms with Gasteiger partial charge in [0.15, 0.2) is 0 Å². The summed E-state index contributed by atoms with van der Waals surface area (Å²) in [5.74, 6) is 0.177. The van der Waals surface area contributed by atoms with E-state index in [1.165, 1.54) is 0 Å². The van der Waals surface area contributed by atoms with Crippen LogP contribution in [0.3, 0.4) is 0 Å². The average Bonchev–Trinajstić information content (AvgIpc) is 2.67. The molecule has 0 bridgehead atoms. The minimum Gasteiger partial charge on any atom is -0.341 e. The number of nitrogens with two attached hydrogens (primary N) is 1. The summed E-state index contributed by atoms with van der Waals surface area (Å²) in [6.07, 6.45) is 6.15. The molecule has 0 aliphatic heterocycles. The highest BCUT2D eigenvalue weighted by Crippen LogP contribution is 2.29. The van der Waals surface area contributed by atoms with Gasteiger partial charge in [0, 0.05) is 13.1 Å². The van der Waals surface area contributed by atoms with Crippen molar-refractivity contribution in [3.05, 3.63) is 0 Å². The normalized spacial score (nSPS) is 17.9. The second-order valence-corrected chi connectivity index (χ2v) is 4.60. The number of hydrogen-bond donors (Lipinski definition) is 1. The van der Waals surface area contributed by atoms with Crippen LogP contribution < -0.4 is 5.73 Å². The molecule has 1 amide bonds. The van der Waals surface area contributed by atoms with Crippen molar-refractivity contribution in [1.29, 1.82) is 0 Å². The lowest BCUT2D eigenvalue weighted by atomic mass is 9.97. The molecule has 2 N–H and O–H groups in total. The Hall–Kier alpha value is -0.280. The van der Waals surface area contributed by atoms with Gasteiger partial charge in [-0.1, -0.05) is 26.2 Å². The van der Waals surface area contributed by atoms with Crippen LogP contribution in [0.15, 0.2) is 0 Å². The number of hydrogen-bond acceptors (Lipinski definition) is 2. The molecular formula is C12H25ClN2O. The SMILES string of the molecule is CCCCN(CC)C(=O)C1(N)CCCC1.Cl. The molecule has 16 heavy (non-hydrogen) atoms. The molecule has 1 aliphatic carbocycles. The Balaban J connectivity index is 0.00000225. The van der Waals surface area contributed by atoms with Gasteiger partial charge in [0.05, 0.1) is 5.54 Å². The second-order valence-electron chi connectivity index (χ2n) is 4.60. The molecule has 3 nitrogen and oxygen atoms in total. The molecule has 4 heteroatoms. The number of halogens is 1. The number of carbonyl (C=O) groups excluding carboxylic acids is 1. The number of amides is 1. The maximum atomic E-state index is 12.2. The van der Waals surface area contributed by atoms with Crippen molar-refractivity contribution in [1.82, 2.24) is 4.90 Å². The Morgan fingerprint density at radius 2 is 1.88 bits per heavy atom. The van der Waals surface area contributed by atoms with E-state index in [4.69, 9.17) is 5.73 Å². The van der Waals surface area contributed by atoms with Gasteiger partial charge in [-0.2, -0.15) is 0 Å². The largest absolute Gasteiger partial charge is 0.341 e. The van der Waals surface area contributed by atoms with Crippen LogP contribution in [-0.4, -0.2) is 29.4 Å². The van der Waals surface area contributed by atoms with Gasteiger partial charge in [0.1, 0.15) is 0 Å². The minimum atomic E-state index is -0.538. The van der Waals surface area contributed by atoms with E-state index in [0.29, 0.717) is 0 Å². The van der Waals surface area contributed by atoms with Crippen LogP contribution in [0.2, 0.25) is 0 Å². The zero-order chi connectivity index (χ0) is 11.3. The highest BCUT2D eigenvalue weighted by molar-refractivity contribution is 5.86.